The fourth-order valence-corrected chi connectivity index (χ4v) is 3.18. The lowest BCUT2D eigenvalue weighted by atomic mass is 9.76. The minimum absolute atomic E-state index is 0.141. The Morgan fingerprint density at radius 3 is 2.86 bits per heavy atom. The van der Waals surface area contributed by atoms with Gasteiger partial charge in [-0.15, -0.1) is 0 Å². The Labute approximate surface area is 124 Å². The van der Waals surface area contributed by atoms with Gasteiger partial charge in [0.2, 0.25) is 0 Å². The molecule has 1 aromatic heterocycles. The van der Waals surface area contributed by atoms with Crippen LogP contribution in [0.5, 0.6) is 0 Å². The van der Waals surface area contributed by atoms with Crippen LogP contribution in [0.25, 0.3) is 0 Å². The Morgan fingerprint density at radius 1 is 1.48 bits per heavy atom. The van der Waals surface area contributed by atoms with Crippen LogP contribution in [0.3, 0.4) is 0 Å². The van der Waals surface area contributed by atoms with Gasteiger partial charge in [-0.25, -0.2) is 4.98 Å². The molecule has 1 unspecified atom stereocenters. The monoisotopic (exact) mass is 293 g/mol. The molecule has 6 heteroatoms. The largest absolute Gasteiger partial charge is 0.481 e. The highest BCUT2D eigenvalue weighted by Crippen LogP contribution is 2.35. The van der Waals surface area contributed by atoms with E-state index in [1.807, 2.05) is 18.7 Å². The maximum atomic E-state index is 12.3. The summed E-state index contributed by atoms with van der Waals surface area (Å²) in [5, 5.41) is 9.62. The maximum absolute atomic E-state index is 12.3. The van der Waals surface area contributed by atoms with Gasteiger partial charge in [-0.3, -0.25) is 9.59 Å². The molecule has 0 aromatic carbocycles. The van der Waals surface area contributed by atoms with Gasteiger partial charge in [-0.2, -0.15) is 0 Å². The van der Waals surface area contributed by atoms with Crippen LogP contribution in [0.15, 0.2) is 17.2 Å². The van der Waals surface area contributed by atoms with Crippen LogP contribution in [-0.4, -0.2) is 33.7 Å². The molecule has 116 valence electrons. The molecule has 0 bridgehead atoms. The van der Waals surface area contributed by atoms with E-state index in [4.69, 9.17) is 0 Å². The first-order valence-electron chi connectivity index (χ1n) is 7.58. The predicted molar refractivity (Wildman–Crippen MR) is 80.6 cm³/mol. The van der Waals surface area contributed by atoms with Crippen LogP contribution in [0, 0.1) is 5.41 Å². The Kier molecular flexibility index (Phi) is 4.65. The molecule has 2 rings (SSSR count). The number of hydrogen-bond acceptors (Lipinski definition) is 4. The number of carbonyl (C=O) groups is 1. The fourth-order valence-electron chi connectivity index (χ4n) is 3.18. The summed E-state index contributed by atoms with van der Waals surface area (Å²) in [7, 11) is 0. The van der Waals surface area contributed by atoms with E-state index in [-0.39, 0.29) is 5.56 Å². The van der Waals surface area contributed by atoms with E-state index in [2.05, 4.69) is 4.98 Å². The zero-order valence-corrected chi connectivity index (χ0v) is 12.7. The van der Waals surface area contributed by atoms with Crippen molar-refractivity contribution in [3.8, 4) is 0 Å². The lowest BCUT2D eigenvalue weighted by Crippen LogP contribution is -2.49. The smallest absolute Gasteiger partial charge is 0.311 e. The van der Waals surface area contributed by atoms with Crippen molar-refractivity contribution in [3.05, 3.63) is 22.7 Å². The Bertz CT molecular complexity index is 566. The van der Waals surface area contributed by atoms with E-state index >= 15 is 0 Å². The van der Waals surface area contributed by atoms with Crippen LogP contribution in [0.1, 0.15) is 39.5 Å². The third-order valence-electron chi connectivity index (χ3n) is 4.29. The van der Waals surface area contributed by atoms with E-state index in [0.717, 1.165) is 12.8 Å². The van der Waals surface area contributed by atoms with Crippen LogP contribution in [-0.2, 0) is 11.3 Å². The topological polar surface area (TPSA) is 75.4 Å². The maximum Gasteiger partial charge on any atom is 0.311 e. The molecular formula is C15H23N3O3. The minimum Gasteiger partial charge on any atom is -0.481 e. The number of carboxylic acids is 1. The van der Waals surface area contributed by atoms with Crippen LogP contribution < -0.4 is 10.5 Å². The Morgan fingerprint density at radius 2 is 2.24 bits per heavy atom. The van der Waals surface area contributed by atoms with Gasteiger partial charge in [0.15, 0.2) is 5.82 Å². The molecule has 1 aliphatic heterocycles. The summed E-state index contributed by atoms with van der Waals surface area (Å²) in [6.07, 6.45) is 6.16. The predicted octanol–water partition coefficient (Wildman–Crippen LogP) is 1.73. The highest BCUT2D eigenvalue weighted by molar-refractivity contribution is 5.76. The lowest BCUT2D eigenvalue weighted by molar-refractivity contribution is -0.150. The number of carboxylic acid groups (broad SMARTS) is 1. The van der Waals surface area contributed by atoms with E-state index in [1.54, 1.807) is 17.0 Å². The highest BCUT2D eigenvalue weighted by Gasteiger charge is 2.42. The first kappa shape index (κ1) is 15.5. The summed E-state index contributed by atoms with van der Waals surface area (Å²) in [5.74, 6) is -0.387. The zero-order chi connectivity index (χ0) is 15.5. The number of anilines is 1. The van der Waals surface area contributed by atoms with Gasteiger partial charge in [0, 0.05) is 32.0 Å². The van der Waals surface area contributed by atoms with Crippen molar-refractivity contribution >= 4 is 11.8 Å². The number of piperidine rings is 1. The SMILES string of the molecule is CCCC1(C(=O)O)CCCN(c2nccn(CC)c2=O)C1. The second-order valence-corrected chi connectivity index (χ2v) is 5.70. The van der Waals surface area contributed by atoms with Gasteiger partial charge in [0.1, 0.15) is 0 Å². The van der Waals surface area contributed by atoms with Crippen molar-refractivity contribution in [2.45, 2.75) is 46.1 Å². The first-order valence-corrected chi connectivity index (χ1v) is 7.58. The molecule has 1 aromatic rings. The standard InChI is InChI=1S/C15H23N3O3/c1-3-6-15(14(20)21)7-5-9-18(11-15)12-13(19)17(4-2)10-8-16-12/h8,10H,3-7,9,11H2,1-2H3,(H,20,21). The normalized spacial score (nSPS) is 22.3. The summed E-state index contributed by atoms with van der Waals surface area (Å²) >= 11 is 0. The number of nitrogens with zero attached hydrogens (tertiary/aromatic N) is 3. The first-order chi connectivity index (χ1) is 10.0. The second kappa shape index (κ2) is 6.28. The lowest BCUT2D eigenvalue weighted by Gasteiger charge is -2.40. The van der Waals surface area contributed by atoms with E-state index in [0.29, 0.717) is 38.3 Å². The number of aliphatic carboxylic acids is 1. The Balaban J connectivity index is 2.33. The van der Waals surface area contributed by atoms with Gasteiger partial charge >= 0.3 is 5.97 Å². The molecule has 0 aliphatic carbocycles. The fraction of sp³-hybridized carbons (Fsp3) is 0.667. The molecule has 0 spiro atoms. The average Bonchev–Trinajstić information content (AvgIpc) is 2.48. The van der Waals surface area contributed by atoms with Crippen molar-refractivity contribution in [1.82, 2.24) is 9.55 Å². The van der Waals surface area contributed by atoms with Gasteiger partial charge < -0.3 is 14.6 Å². The van der Waals surface area contributed by atoms with Crippen LogP contribution >= 0.6 is 0 Å². The summed E-state index contributed by atoms with van der Waals surface area (Å²) in [4.78, 5) is 30.1. The van der Waals surface area contributed by atoms with E-state index in [9.17, 15) is 14.7 Å². The average molecular weight is 293 g/mol. The molecule has 0 radical (unpaired) electrons. The Hall–Kier alpha value is -1.85. The molecule has 6 nitrogen and oxygen atoms in total. The van der Waals surface area contributed by atoms with Gasteiger partial charge in [0.05, 0.1) is 5.41 Å². The third kappa shape index (κ3) is 2.94. The van der Waals surface area contributed by atoms with Crippen molar-refractivity contribution in [3.63, 3.8) is 0 Å². The van der Waals surface area contributed by atoms with Crippen molar-refractivity contribution in [2.75, 3.05) is 18.0 Å². The van der Waals surface area contributed by atoms with Crippen molar-refractivity contribution in [2.24, 2.45) is 5.41 Å². The third-order valence-corrected chi connectivity index (χ3v) is 4.29. The van der Waals surface area contributed by atoms with Gasteiger partial charge in [-0.05, 0) is 26.2 Å². The van der Waals surface area contributed by atoms with Crippen molar-refractivity contribution in [1.29, 1.82) is 0 Å². The highest BCUT2D eigenvalue weighted by atomic mass is 16.4. The molecule has 2 heterocycles. The molecule has 1 atom stereocenters. The van der Waals surface area contributed by atoms with Crippen LogP contribution in [0.4, 0.5) is 5.82 Å². The molecule has 21 heavy (non-hydrogen) atoms. The van der Waals surface area contributed by atoms with Gasteiger partial charge in [-0.1, -0.05) is 13.3 Å². The molecule has 0 amide bonds. The molecule has 1 fully saturated rings. The molecule has 0 saturated carbocycles. The molecule has 1 saturated heterocycles. The zero-order valence-electron chi connectivity index (χ0n) is 12.7. The van der Waals surface area contributed by atoms with E-state index in [1.165, 1.54) is 0 Å². The number of rotatable bonds is 5. The summed E-state index contributed by atoms with van der Waals surface area (Å²) in [6.45, 7) is 5.54. The quantitative estimate of drug-likeness (QED) is 0.895. The number of aryl methyl sites for hydroxylation is 1. The van der Waals surface area contributed by atoms with Crippen molar-refractivity contribution < 1.29 is 9.90 Å². The molecule has 1 N–H and O–H groups in total. The van der Waals surface area contributed by atoms with Crippen LogP contribution in [0.2, 0.25) is 0 Å². The number of hydrogen-bond donors (Lipinski definition) is 1. The van der Waals surface area contributed by atoms with Gasteiger partial charge in [0.25, 0.3) is 5.56 Å². The number of aromatic nitrogens is 2. The summed E-state index contributed by atoms with van der Waals surface area (Å²) < 4.78 is 1.60. The molecule has 1 aliphatic rings. The molecular weight excluding hydrogens is 270 g/mol. The van der Waals surface area contributed by atoms with E-state index < -0.39 is 11.4 Å². The summed E-state index contributed by atoms with van der Waals surface area (Å²) in [5.41, 5.74) is -0.897. The minimum atomic E-state index is -0.763. The second-order valence-electron chi connectivity index (χ2n) is 5.70. The summed E-state index contributed by atoms with van der Waals surface area (Å²) in [6, 6.07) is 0.